The quantitative estimate of drug-likeness (QED) is 0.852. The number of thioether (sulfide) groups is 1. The number of aromatic nitrogens is 3. The number of carbonyl (C=O) groups excluding carboxylic acids is 1. The van der Waals surface area contributed by atoms with Gasteiger partial charge < -0.3 is 4.90 Å². The standard InChI is InChI=1S/C15H20N4OS/c1-15(2,11-21-4)14(20)18(3)13-9-17-19(10-13)12-6-5-7-16-8-12/h5-10H,11H2,1-4H3. The Morgan fingerprint density at radius 1 is 1.43 bits per heavy atom. The number of hydrogen-bond donors (Lipinski definition) is 0. The number of anilines is 1. The van der Waals surface area contributed by atoms with E-state index in [0.717, 1.165) is 17.1 Å². The van der Waals surface area contributed by atoms with E-state index in [-0.39, 0.29) is 5.91 Å². The Hall–Kier alpha value is -1.82. The Balaban J connectivity index is 2.20. The Kier molecular flexibility index (Phi) is 4.67. The summed E-state index contributed by atoms with van der Waals surface area (Å²) in [7, 11) is 1.79. The van der Waals surface area contributed by atoms with Crippen molar-refractivity contribution in [2.45, 2.75) is 13.8 Å². The fourth-order valence-corrected chi connectivity index (χ4v) is 2.96. The number of amides is 1. The van der Waals surface area contributed by atoms with Gasteiger partial charge in [0, 0.05) is 19.0 Å². The summed E-state index contributed by atoms with van der Waals surface area (Å²) in [4.78, 5) is 18.3. The Labute approximate surface area is 129 Å². The fourth-order valence-electron chi connectivity index (χ4n) is 2.11. The van der Waals surface area contributed by atoms with Gasteiger partial charge in [0.2, 0.25) is 5.91 Å². The molecule has 112 valence electrons. The van der Waals surface area contributed by atoms with Crippen molar-refractivity contribution >= 4 is 23.4 Å². The third-order valence-electron chi connectivity index (χ3n) is 3.26. The predicted octanol–water partition coefficient (Wildman–Crippen LogP) is 2.62. The minimum atomic E-state index is -0.398. The van der Waals surface area contributed by atoms with Crippen molar-refractivity contribution in [1.82, 2.24) is 14.8 Å². The van der Waals surface area contributed by atoms with Crippen LogP contribution in [0.1, 0.15) is 13.8 Å². The van der Waals surface area contributed by atoms with Crippen LogP contribution < -0.4 is 4.90 Å². The van der Waals surface area contributed by atoms with Gasteiger partial charge in [0.25, 0.3) is 0 Å². The molecule has 2 aromatic rings. The van der Waals surface area contributed by atoms with Crippen molar-refractivity contribution in [3.05, 3.63) is 36.9 Å². The van der Waals surface area contributed by atoms with Crippen LogP contribution in [0.4, 0.5) is 5.69 Å². The maximum Gasteiger partial charge on any atom is 0.233 e. The van der Waals surface area contributed by atoms with E-state index in [1.165, 1.54) is 0 Å². The van der Waals surface area contributed by atoms with Crippen LogP contribution in [0.3, 0.4) is 0 Å². The van der Waals surface area contributed by atoms with Crippen molar-refractivity contribution in [2.75, 3.05) is 24.0 Å². The third-order valence-corrected chi connectivity index (χ3v) is 4.27. The molecule has 0 saturated carbocycles. The zero-order valence-corrected chi connectivity index (χ0v) is 13.6. The molecular formula is C15H20N4OS. The summed E-state index contributed by atoms with van der Waals surface area (Å²) < 4.78 is 1.72. The highest BCUT2D eigenvalue weighted by Crippen LogP contribution is 2.26. The highest BCUT2D eigenvalue weighted by molar-refractivity contribution is 7.98. The van der Waals surface area contributed by atoms with Gasteiger partial charge in [-0.05, 0) is 18.4 Å². The van der Waals surface area contributed by atoms with E-state index in [4.69, 9.17) is 0 Å². The average molecular weight is 304 g/mol. The van der Waals surface area contributed by atoms with Crippen LogP contribution in [0.2, 0.25) is 0 Å². The monoisotopic (exact) mass is 304 g/mol. The molecule has 0 spiro atoms. The minimum Gasteiger partial charge on any atom is -0.312 e. The fraction of sp³-hybridized carbons (Fsp3) is 0.400. The molecule has 0 unspecified atom stereocenters. The Morgan fingerprint density at radius 3 is 2.81 bits per heavy atom. The van der Waals surface area contributed by atoms with Gasteiger partial charge in [-0.2, -0.15) is 16.9 Å². The van der Waals surface area contributed by atoms with E-state index in [9.17, 15) is 4.79 Å². The Bertz CT molecular complexity index is 609. The molecule has 1 amide bonds. The van der Waals surface area contributed by atoms with Crippen molar-refractivity contribution < 1.29 is 4.79 Å². The average Bonchev–Trinajstić information content (AvgIpc) is 2.96. The lowest BCUT2D eigenvalue weighted by Crippen LogP contribution is -2.39. The number of nitrogens with zero attached hydrogens (tertiary/aromatic N) is 4. The van der Waals surface area contributed by atoms with Crippen LogP contribution in [-0.4, -0.2) is 39.7 Å². The SMILES string of the molecule is CSCC(C)(C)C(=O)N(C)c1cnn(-c2cccnc2)c1. The molecule has 0 N–H and O–H groups in total. The number of carbonyl (C=O) groups is 1. The van der Waals surface area contributed by atoms with Gasteiger partial charge in [0.05, 0.1) is 35.4 Å². The van der Waals surface area contributed by atoms with Crippen LogP contribution in [0.25, 0.3) is 5.69 Å². The van der Waals surface area contributed by atoms with E-state index in [2.05, 4.69) is 10.1 Å². The first-order valence-corrected chi connectivity index (χ1v) is 8.07. The molecule has 0 aliphatic rings. The molecule has 2 aromatic heterocycles. The van der Waals surface area contributed by atoms with E-state index < -0.39 is 5.41 Å². The molecule has 0 atom stereocenters. The first-order chi connectivity index (χ1) is 9.95. The zero-order chi connectivity index (χ0) is 15.5. The molecule has 0 bridgehead atoms. The lowest BCUT2D eigenvalue weighted by molar-refractivity contribution is -0.125. The normalized spacial score (nSPS) is 11.4. The zero-order valence-electron chi connectivity index (χ0n) is 12.8. The van der Waals surface area contributed by atoms with E-state index in [0.29, 0.717) is 0 Å². The summed E-state index contributed by atoms with van der Waals surface area (Å²) in [6, 6.07) is 3.77. The van der Waals surface area contributed by atoms with Gasteiger partial charge in [-0.3, -0.25) is 9.78 Å². The van der Waals surface area contributed by atoms with E-state index >= 15 is 0 Å². The second kappa shape index (κ2) is 6.30. The lowest BCUT2D eigenvalue weighted by atomic mass is 9.94. The summed E-state index contributed by atoms with van der Waals surface area (Å²) >= 11 is 1.67. The molecule has 2 rings (SSSR count). The van der Waals surface area contributed by atoms with Crippen LogP contribution >= 0.6 is 11.8 Å². The summed E-state index contributed by atoms with van der Waals surface area (Å²) in [5.41, 5.74) is 1.25. The highest BCUT2D eigenvalue weighted by Gasteiger charge is 2.31. The largest absolute Gasteiger partial charge is 0.312 e. The van der Waals surface area contributed by atoms with Gasteiger partial charge in [-0.25, -0.2) is 4.68 Å². The smallest absolute Gasteiger partial charge is 0.233 e. The predicted molar refractivity (Wildman–Crippen MR) is 86.9 cm³/mol. The van der Waals surface area contributed by atoms with Crippen molar-refractivity contribution in [2.24, 2.45) is 5.41 Å². The number of hydrogen-bond acceptors (Lipinski definition) is 4. The van der Waals surface area contributed by atoms with Gasteiger partial charge in [-0.15, -0.1) is 0 Å². The van der Waals surface area contributed by atoms with E-state index in [1.54, 1.807) is 47.0 Å². The molecule has 21 heavy (non-hydrogen) atoms. The summed E-state index contributed by atoms with van der Waals surface area (Å²) in [5, 5.41) is 4.30. The van der Waals surface area contributed by atoms with E-state index in [1.807, 2.05) is 38.4 Å². The Morgan fingerprint density at radius 2 is 2.19 bits per heavy atom. The highest BCUT2D eigenvalue weighted by atomic mass is 32.2. The maximum atomic E-state index is 12.6. The van der Waals surface area contributed by atoms with Crippen molar-refractivity contribution in [3.8, 4) is 5.69 Å². The summed E-state index contributed by atoms with van der Waals surface area (Å²) in [6.07, 6.45) is 8.99. The molecule has 0 aliphatic heterocycles. The molecule has 0 aliphatic carbocycles. The molecule has 5 nitrogen and oxygen atoms in total. The molecule has 6 heteroatoms. The van der Waals surface area contributed by atoms with Crippen molar-refractivity contribution in [1.29, 1.82) is 0 Å². The van der Waals surface area contributed by atoms with Gasteiger partial charge in [-0.1, -0.05) is 13.8 Å². The second-order valence-corrected chi connectivity index (χ2v) is 6.40. The van der Waals surface area contributed by atoms with Crippen LogP contribution in [0.15, 0.2) is 36.9 Å². The summed E-state index contributed by atoms with van der Waals surface area (Å²) in [6.45, 7) is 3.93. The first-order valence-electron chi connectivity index (χ1n) is 6.68. The maximum absolute atomic E-state index is 12.6. The minimum absolute atomic E-state index is 0.0857. The molecular weight excluding hydrogens is 284 g/mol. The van der Waals surface area contributed by atoms with Gasteiger partial charge >= 0.3 is 0 Å². The number of rotatable bonds is 5. The van der Waals surface area contributed by atoms with Gasteiger partial charge in [0.1, 0.15) is 0 Å². The second-order valence-electron chi connectivity index (χ2n) is 5.54. The lowest BCUT2D eigenvalue weighted by Gasteiger charge is -2.27. The number of pyridine rings is 1. The molecule has 0 aromatic carbocycles. The topological polar surface area (TPSA) is 51.0 Å². The van der Waals surface area contributed by atoms with Crippen LogP contribution in [0, 0.1) is 5.41 Å². The first kappa shape index (κ1) is 15.6. The molecule has 2 heterocycles. The summed E-state index contributed by atoms with van der Waals surface area (Å²) in [5.74, 6) is 0.870. The van der Waals surface area contributed by atoms with Crippen LogP contribution in [0.5, 0.6) is 0 Å². The molecule has 0 fully saturated rings. The van der Waals surface area contributed by atoms with Crippen LogP contribution in [-0.2, 0) is 4.79 Å². The van der Waals surface area contributed by atoms with Gasteiger partial charge in [0.15, 0.2) is 0 Å². The van der Waals surface area contributed by atoms with Crippen molar-refractivity contribution in [3.63, 3.8) is 0 Å². The molecule has 0 radical (unpaired) electrons. The molecule has 0 saturated heterocycles. The third kappa shape index (κ3) is 3.44.